The first kappa shape index (κ1) is 27.9. The normalized spacial score (nSPS) is 21.6. The van der Waals surface area contributed by atoms with Crippen LogP contribution in [0.1, 0.15) is 43.9 Å². The Morgan fingerprint density at radius 3 is 2.31 bits per heavy atom. The van der Waals surface area contributed by atoms with Gasteiger partial charge in [-0.3, -0.25) is 9.59 Å². The average molecular weight is 530 g/mol. The van der Waals surface area contributed by atoms with Crippen LogP contribution in [0.15, 0.2) is 24.3 Å². The van der Waals surface area contributed by atoms with E-state index in [0.717, 1.165) is 12.1 Å². The Kier molecular flexibility index (Phi) is 8.32. The molecule has 2 heterocycles. The molecule has 1 aromatic carbocycles. The highest BCUT2D eigenvalue weighted by molar-refractivity contribution is 7.86. The van der Waals surface area contributed by atoms with Gasteiger partial charge < -0.3 is 10.2 Å². The van der Waals surface area contributed by atoms with E-state index in [1.165, 1.54) is 39.6 Å². The Morgan fingerprint density at radius 1 is 1.14 bits per heavy atom. The molecule has 9 nitrogen and oxygen atoms in total. The van der Waals surface area contributed by atoms with Crippen LogP contribution in [0.25, 0.3) is 0 Å². The Morgan fingerprint density at radius 2 is 1.75 bits per heavy atom. The van der Waals surface area contributed by atoms with Crippen molar-refractivity contribution >= 4 is 22.0 Å². The zero-order valence-corrected chi connectivity index (χ0v) is 21.1. The van der Waals surface area contributed by atoms with Gasteiger partial charge in [0.25, 0.3) is 10.2 Å². The molecule has 2 amide bonds. The van der Waals surface area contributed by atoms with E-state index < -0.39 is 45.9 Å². The van der Waals surface area contributed by atoms with Gasteiger partial charge in [0.2, 0.25) is 11.8 Å². The lowest BCUT2D eigenvalue weighted by atomic mass is 9.97. The van der Waals surface area contributed by atoms with Crippen molar-refractivity contribution in [1.29, 1.82) is 5.26 Å². The van der Waals surface area contributed by atoms with E-state index in [9.17, 15) is 31.2 Å². The summed E-state index contributed by atoms with van der Waals surface area (Å²) in [6, 6.07) is 5.04. The number of carbonyl (C=O) groups excluding carboxylic acids is 2. The average Bonchev–Trinajstić information content (AvgIpc) is 2.81. The first-order valence-corrected chi connectivity index (χ1v) is 13.0. The van der Waals surface area contributed by atoms with Gasteiger partial charge in [0.1, 0.15) is 6.04 Å². The van der Waals surface area contributed by atoms with E-state index in [-0.39, 0.29) is 38.0 Å². The minimum atomic E-state index is -4.45. The van der Waals surface area contributed by atoms with Gasteiger partial charge in [-0.1, -0.05) is 12.1 Å². The molecule has 1 aromatic rings. The highest BCUT2D eigenvalue weighted by Crippen LogP contribution is 2.30. The summed E-state index contributed by atoms with van der Waals surface area (Å²) >= 11 is 0. The number of hydrogen-bond acceptors (Lipinski definition) is 5. The van der Waals surface area contributed by atoms with Crippen molar-refractivity contribution in [3.8, 4) is 6.07 Å². The predicted molar refractivity (Wildman–Crippen MR) is 124 cm³/mol. The zero-order chi connectivity index (χ0) is 26.8. The van der Waals surface area contributed by atoms with Crippen molar-refractivity contribution in [1.82, 2.24) is 18.8 Å². The second kappa shape index (κ2) is 10.7. The Hall–Kier alpha value is -2.69. The molecule has 0 aromatic heterocycles. The van der Waals surface area contributed by atoms with Crippen LogP contribution >= 0.6 is 0 Å². The van der Waals surface area contributed by atoms with Gasteiger partial charge in [-0.25, -0.2) is 0 Å². The van der Waals surface area contributed by atoms with E-state index in [1.807, 2.05) is 6.07 Å². The molecule has 0 saturated carbocycles. The second-order valence-corrected chi connectivity index (χ2v) is 11.3. The molecule has 3 atom stereocenters. The number of nitrogens with zero attached hydrogens (tertiary/aromatic N) is 4. The van der Waals surface area contributed by atoms with Crippen molar-refractivity contribution in [3.63, 3.8) is 0 Å². The van der Waals surface area contributed by atoms with Gasteiger partial charge in [0, 0.05) is 33.2 Å². The monoisotopic (exact) mass is 529 g/mol. The molecule has 0 radical (unpaired) electrons. The standard InChI is InChI=1S/C23H30F3N5O4S/c1-15(18-6-8-20(9-7-18)23(24,25)26)28-21(32)16(2)29(3)22(33)19-5-4-10-30(14-19)36(34,35)31-12-17(11-27)13-31/h6-9,15-17,19H,4-5,10,12-14H2,1-3H3,(H,28,32)/t15-,16-,19+/m1/s1. The number of hydrogen-bond donors (Lipinski definition) is 1. The fourth-order valence-electron chi connectivity index (χ4n) is 4.26. The molecular weight excluding hydrogens is 499 g/mol. The molecule has 36 heavy (non-hydrogen) atoms. The van der Waals surface area contributed by atoms with E-state index >= 15 is 0 Å². The molecule has 0 aliphatic carbocycles. The topological polar surface area (TPSA) is 114 Å². The number of halogens is 3. The molecule has 3 rings (SSSR count). The van der Waals surface area contributed by atoms with Crippen molar-refractivity contribution in [2.75, 3.05) is 33.2 Å². The highest BCUT2D eigenvalue weighted by Gasteiger charge is 2.42. The van der Waals surface area contributed by atoms with Crippen LogP contribution in [0.4, 0.5) is 13.2 Å². The van der Waals surface area contributed by atoms with Gasteiger partial charge in [0.15, 0.2) is 0 Å². The summed E-state index contributed by atoms with van der Waals surface area (Å²) in [7, 11) is -2.29. The molecule has 0 spiro atoms. The number of alkyl halides is 3. The van der Waals surface area contributed by atoms with E-state index in [1.54, 1.807) is 6.92 Å². The van der Waals surface area contributed by atoms with Crippen LogP contribution in [0.2, 0.25) is 0 Å². The second-order valence-electron chi connectivity index (χ2n) is 9.32. The number of likely N-dealkylation sites (N-methyl/N-ethyl adjacent to an activating group) is 1. The minimum absolute atomic E-state index is 0.00444. The van der Waals surface area contributed by atoms with E-state index in [0.29, 0.717) is 18.4 Å². The van der Waals surface area contributed by atoms with Crippen LogP contribution in [0, 0.1) is 23.2 Å². The lowest BCUT2D eigenvalue weighted by Crippen LogP contribution is -2.57. The molecule has 2 saturated heterocycles. The fraction of sp³-hybridized carbons (Fsp3) is 0.609. The molecule has 2 aliphatic heterocycles. The number of benzene rings is 1. The quantitative estimate of drug-likeness (QED) is 0.582. The number of amides is 2. The molecule has 13 heteroatoms. The number of nitrogens with one attached hydrogen (secondary N) is 1. The van der Waals surface area contributed by atoms with Crippen molar-refractivity contribution in [3.05, 3.63) is 35.4 Å². The van der Waals surface area contributed by atoms with Crippen LogP contribution in [-0.2, 0) is 26.0 Å². The summed E-state index contributed by atoms with van der Waals surface area (Å²) in [4.78, 5) is 27.2. The van der Waals surface area contributed by atoms with Gasteiger partial charge in [-0.2, -0.15) is 35.5 Å². The van der Waals surface area contributed by atoms with Gasteiger partial charge >= 0.3 is 6.18 Å². The summed E-state index contributed by atoms with van der Waals surface area (Å²) in [5.74, 6) is -1.79. The molecule has 2 aliphatic rings. The fourth-order valence-corrected chi connectivity index (χ4v) is 6.05. The number of piperidine rings is 1. The van der Waals surface area contributed by atoms with Gasteiger partial charge in [-0.15, -0.1) is 0 Å². The van der Waals surface area contributed by atoms with E-state index in [4.69, 9.17) is 5.26 Å². The third-order valence-electron chi connectivity index (χ3n) is 6.82. The first-order chi connectivity index (χ1) is 16.8. The summed E-state index contributed by atoms with van der Waals surface area (Å²) in [5.41, 5.74) is -0.304. The molecule has 0 bridgehead atoms. The summed E-state index contributed by atoms with van der Waals surface area (Å²) in [6.45, 7) is 3.72. The number of carbonyl (C=O) groups is 2. The Bertz CT molecular complexity index is 1110. The summed E-state index contributed by atoms with van der Waals surface area (Å²) in [5, 5.41) is 11.6. The van der Waals surface area contributed by atoms with E-state index in [2.05, 4.69) is 5.32 Å². The largest absolute Gasteiger partial charge is 0.416 e. The first-order valence-electron chi connectivity index (χ1n) is 11.6. The molecule has 2 fully saturated rings. The number of rotatable bonds is 7. The molecular formula is C23H30F3N5O4S. The van der Waals surface area contributed by atoms with Crippen LogP contribution in [0.3, 0.4) is 0 Å². The van der Waals surface area contributed by atoms with Gasteiger partial charge in [0.05, 0.1) is 29.5 Å². The van der Waals surface area contributed by atoms with Crippen LogP contribution < -0.4 is 5.32 Å². The predicted octanol–water partition coefficient (Wildman–Crippen LogP) is 2.14. The van der Waals surface area contributed by atoms with Crippen molar-refractivity contribution in [2.45, 2.75) is 44.9 Å². The lowest BCUT2D eigenvalue weighted by molar-refractivity contribution is -0.142. The maximum atomic E-state index is 13.1. The Balaban J connectivity index is 1.58. The third-order valence-corrected chi connectivity index (χ3v) is 8.76. The lowest BCUT2D eigenvalue weighted by Gasteiger charge is -2.41. The third kappa shape index (κ3) is 5.99. The smallest absolute Gasteiger partial charge is 0.348 e. The zero-order valence-electron chi connectivity index (χ0n) is 20.3. The molecule has 0 unspecified atom stereocenters. The summed E-state index contributed by atoms with van der Waals surface area (Å²) < 4.78 is 66.5. The Labute approximate surface area is 209 Å². The van der Waals surface area contributed by atoms with Gasteiger partial charge in [-0.05, 0) is 44.4 Å². The summed E-state index contributed by atoms with van der Waals surface area (Å²) in [6.07, 6.45) is -3.48. The van der Waals surface area contributed by atoms with Crippen LogP contribution in [0.5, 0.6) is 0 Å². The molecule has 198 valence electrons. The SMILES string of the molecule is C[C@H](C(=O)N[C@H](C)c1ccc(C(F)(F)F)cc1)N(C)C(=O)[C@H]1CCCN(S(=O)(=O)N2CC(C#N)C2)C1. The highest BCUT2D eigenvalue weighted by atomic mass is 32.2. The number of nitriles is 1. The molecule has 1 N–H and O–H groups in total. The maximum absolute atomic E-state index is 13.1. The maximum Gasteiger partial charge on any atom is 0.416 e. The van der Waals surface area contributed by atoms with Crippen molar-refractivity contribution < 1.29 is 31.2 Å². The minimum Gasteiger partial charge on any atom is -0.348 e. The van der Waals surface area contributed by atoms with Crippen molar-refractivity contribution in [2.24, 2.45) is 11.8 Å². The van der Waals surface area contributed by atoms with Crippen LogP contribution in [-0.4, -0.2) is 73.0 Å².